The second-order valence-electron chi connectivity index (χ2n) is 4.01. The topological polar surface area (TPSA) is 85.8 Å². The van der Waals surface area contributed by atoms with Gasteiger partial charge in [0.2, 0.25) is 5.91 Å². The van der Waals surface area contributed by atoms with Crippen molar-refractivity contribution in [1.29, 1.82) is 0 Å². The number of hydrogen-bond acceptors (Lipinski definition) is 4. The van der Waals surface area contributed by atoms with Crippen molar-refractivity contribution in [2.75, 3.05) is 0 Å². The zero-order chi connectivity index (χ0) is 13.0. The Morgan fingerprint density at radius 2 is 2.11 bits per heavy atom. The Hall–Kier alpha value is -1.92. The van der Waals surface area contributed by atoms with Crippen molar-refractivity contribution in [1.82, 2.24) is 20.1 Å². The molecular weight excluding hydrogens is 266 g/mol. The summed E-state index contributed by atoms with van der Waals surface area (Å²) in [5.74, 6) is -0.157. The van der Waals surface area contributed by atoms with Gasteiger partial charge in [-0.2, -0.15) is 5.10 Å². The number of amides is 1. The molecule has 1 atom stereocenters. The molecule has 3 N–H and O–H groups in total. The fraction of sp³-hybridized carbons (Fsp3) is 0.250. The smallest absolute Gasteiger partial charge is 0.236 e. The van der Waals surface area contributed by atoms with Gasteiger partial charge in [-0.1, -0.05) is 12.1 Å². The monoisotopic (exact) mass is 281 g/mol. The van der Waals surface area contributed by atoms with Crippen LogP contribution in [0.5, 0.6) is 0 Å². The Kier molecular flexibility index (Phi) is 5.47. The van der Waals surface area contributed by atoms with E-state index in [4.69, 9.17) is 5.73 Å². The zero-order valence-electron chi connectivity index (χ0n) is 10.5. The Labute approximate surface area is 117 Å². The van der Waals surface area contributed by atoms with Gasteiger partial charge in [0.05, 0.1) is 11.7 Å². The number of nitrogens with one attached hydrogen (secondary N) is 1. The van der Waals surface area contributed by atoms with Crippen LogP contribution in [0.15, 0.2) is 36.9 Å². The van der Waals surface area contributed by atoms with E-state index in [1.807, 2.05) is 24.3 Å². The Balaban J connectivity index is 0.00000180. The van der Waals surface area contributed by atoms with E-state index in [1.54, 1.807) is 17.9 Å². The second kappa shape index (κ2) is 6.86. The number of carbonyl (C=O) groups excluding carboxylic acids is 1. The molecule has 0 spiro atoms. The van der Waals surface area contributed by atoms with Crippen molar-refractivity contribution < 1.29 is 4.79 Å². The molecule has 19 heavy (non-hydrogen) atoms. The number of benzene rings is 1. The first-order valence-corrected chi connectivity index (χ1v) is 5.64. The van der Waals surface area contributed by atoms with Crippen molar-refractivity contribution in [3.63, 3.8) is 0 Å². The number of rotatable bonds is 4. The van der Waals surface area contributed by atoms with E-state index in [0.717, 1.165) is 11.3 Å². The summed E-state index contributed by atoms with van der Waals surface area (Å²) in [6.07, 6.45) is 3.11. The summed E-state index contributed by atoms with van der Waals surface area (Å²) in [6.45, 7) is 2.13. The van der Waals surface area contributed by atoms with E-state index in [-0.39, 0.29) is 18.3 Å². The maximum Gasteiger partial charge on any atom is 0.236 e. The van der Waals surface area contributed by atoms with E-state index in [9.17, 15) is 4.79 Å². The van der Waals surface area contributed by atoms with Gasteiger partial charge in [0.1, 0.15) is 12.7 Å². The molecule has 1 aromatic heterocycles. The summed E-state index contributed by atoms with van der Waals surface area (Å²) < 4.78 is 1.67. The van der Waals surface area contributed by atoms with Gasteiger partial charge < -0.3 is 11.1 Å². The highest BCUT2D eigenvalue weighted by atomic mass is 35.5. The third-order valence-corrected chi connectivity index (χ3v) is 2.50. The van der Waals surface area contributed by atoms with E-state index < -0.39 is 6.04 Å². The first-order chi connectivity index (χ1) is 8.66. The van der Waals surface area contributed by atoms with Crippen LogP contribution in [-0.4, -0.2) is 26.7 Å². The maximum atomic E-state index is 11.3. The molecule has 0 radical (unpaired) electrons. The van der Waals surface area contributed by atoms with Crippen LogP contribution in [0, 0.1) is 0 Å². The lowest BCUT2D eigenvalue weighted by molar-refractivity contribution is -0.122. The fourth-order valence-electron chi connectivity index (χ4n) is 1.46. The molecule has 1 heterocycles. The SMILES string of the molecule is CC(N)C(=O)NCc1ccc(-n2cncn2)cc1.Cl. The van der Waals surface area contributed by atoms with Crippen LogP contribution in [0.3, 0.4) is 0 Å². The number of aromatic nitrogens is 3. The van der Waals surface area contributed by atoms with Crippen molar-refractivity contribution in [3.8, 4) is 5.69 Å². The lowest BCUT2D eigenvalue weighted by Crippen LogP contribution is -2.37. The predicted octanol–water partition coefficient (Wildman–Crippen LogP) is 0.653. The average Bonchev–Trinajstić information content (AvgIpc) is 2.90. The van der Waals surface area contributed by atoms with E-state index in [0.29, 0.717) is 6.54 Å². The highest BCUT2D eigenvalue weighted by Gasteiger charge is 2.06. The summed E-state index contributed by atoms with van der Waals surface area (Å²) in [5, 5.41) is 6.79. The maximum absolute atomic E-state index is 11.3. The van der Waals surface area contributed by atoms with E-state index >= 15 is 0 Å². The molecule has 0 saturated heterocycles. The minimum atomic E-state index is -0.487. The molecule has 0 aliphatic carbocycles. The van der Waals surface area contributed by atoms with Gasteiger partial charge in [-0.05, 0) is 24.6 Å². The Morgan fingerprint density at radius 1 is 1.42 bits per heavy atom. The molecule has 1 unspecified atom stereocenters. The highest BCUT2D eigenvalue weighted by molar-refractivity contribution is 5.85. The molecule has 1 amide bonds. The first-order valence-electron chi connectivity index (χ1n) is 5.64. The molecule has 0 fully saturated rings. The Bertz CT molecular complexity index is 509. The van der Waals surface area contributed by atoms with Crippen LogP contribution in [0.25, 0.3) is 5.69 Å². The van der Waals surface area contributed by atoms with Crippen LogP contribution < -0.4 is 11.1 Å². The van der Waals surface area contributed by atoms with Crippen LogP contribution in [0.2, 0.25) is 0 Å². The fourth-order valence-corrected chi connectivity index (χ4v) is 1.46. The first kappa shape index (κ1) is 15.1. The number of halogens is 1. The van der Waals surface area contributed by atoms with Crippen LogP contribution in [0.1, 0.15) is 12.5 Å². The number of nitrogens with two attached hydrogens (primary N) is 1. The van der Waals surface area contributed by atoms with Gasteiger partial charge in [-0.3, -0.25) is 4.79 Å². The third-order valence-electron chi connectivity index (χ3n) is 2.50. The zero-order valence-corrected chi connectivity index (χ0v) is 11.3. The molecule has 0 aliphatic heterocycles. The number of nitrogens with zero attached hydrogens (tertiary/aromatic N) is 3. The molecule has 2 aromatic rings. The summed E-state index contributed by atoms with van der Waals surface area (Å²) in [6, 6.07) is 7.21. The largest absolute Gasteiger partial charge is 0.351 e. The molecule has 2 rings (SSSR count). The standard InChI is InChI=1S/C12H15N5O.ClH/c1-9(13)12(18)15-6-10-2-4-11(5-3-10)17-8-14-7-16-17;/h2-5,7-9H,6,13H2,1H3,(H,15,18);1H. The minimum absolute atomic E-state index is 0. The van der Waals surface area contributed by atoms with Crippen LogP contribution in [0.4, 0.5) is 0 Å². The lowest BCUT2D eigenvalue weighted by Gasteiger charge is -2.08. The second-order valence-corrected chi connectivity index (χ2v) is 4.01. The van der Waals surface area contributed by atoms with Crippen molar-refractivity contribution in [3.05, 3.63) is 42.5 Å². The summed E-state index contributed by atoms with van der Waals surface area (Å²) in [5.41, 5.74) is 7.39. The van der Waals surface area contributed by atoms with Gasteiger partial charge in [0, 0.05) is 6.54 Å². The summed E-state index contributed by atoms with van der Waals surface area (Å²) in [4.78, 5) is 15.2. The average molecular weight is 282 g/mol. The van der Waals surface area contributed by atoms with E-state index in [1.165, 1.54) is 6.33 Å². The molecular formula is C12H16ClN5O. The van der Waals surface area contributed by atoms with Gasteiger partial charge >= 0.3 is 0 Å². The summed E-state index contributed by atoms with van der Waals surface area (Å²) >= 11 is 0. The highest BCUT2D eigenvalue weighted by Crippen LogP contribution is 2.07. The lowest BCUT2D eigenvalue weighted by atomic mass is 10.2. The molecule has 0 bridgehead atoms. The van der Waals surface area contributed by atoms with E-state index in [2.05, 4.69) is 15.4 Å². The van der Waals surface area contributed by atoms with Gasteiger partial charge in [-0.15, -0.1) is 12.4 Å². The summed E-state index contributed by atoms with van der Waals surface area (Å²) in [7, 11) is 0. The normalized spacial score (nSPS) is 11.5. The molecule has 6 nitrogen and oxygen atoms in total. The minimum Gasteiger partial charge on any atom is -0.351 e. The van der Waals surface area contributed by atoms with Crippen molar-refractivity contribution in [2.24, 2.45) is 5.73 Å². The van der Waals surface area contributed by atoms with Crippen molar-refractivity contribution in [2.45, 2.75) is 19.5 Å². The quantitative estimate of drug-likeness (QED) is 0.862. The molecule has 102 valence electrons. The number of carbonyl (C=O) groups is 1. The van der Waals surface area contributed by atoms with Gasteiger partial charge in [-0.25, -0.2) is 9.67 Å². The Morgan fingerprint density at radius 3 is 2.63 bits per heavy atom. The van der Waals surface area contributed by atoms with Crippen molar-refractivity contribution >= 4 is 18.3 Å². The molecule has 7 heteroatoms. The van der Waals surface area contributed by atoms with Crippen LogP contribution in [-0.2, 0) is 11.3 Å². The molecule has 0 saturated carbocycles. The van der Waals surface area contributed by atoms with Gasteiger partial charge in [0.25, 0.3) is 0 Å². The molecule has 0 aliphatic rings. The predicted molar refractivity (Wildman–Crippen MR) is 74.1 cm³/mol. The number of hydrogen-bond donors (Lipinski definition) is 2. The van der Waals surface area contributed by atoms with Gasteiger partial charge in [0.15, 0.2) is 0 Å². The third kappa shape index (κ3) is 4.04. The van der Waals surface area contributed by atoms with Crippen LogP contribution >= 0.6 is 12.4 Å². The molecule has 1 aromatic carbocycles.